The molecule has 0 fully saturated rings. The maximum atomic E-state index is 11.7. The number of aliphatic carboxylic acids is 2. The first-order valence-electron chi connectivity index (χ1n) is 6.77. The number of rotatable bonds is 5. The van der Waals surface area contributed by atoms with E-state index in [-0.39, 0.29) is 17.0 Å². The van der Waals surface area contributed by atoms with Gasteiger partial charge >= 0.3 is 18.0 Å². The molecule has 1 amide bonds. The quantitative estimate of drug-likeness (QED) is 0.611. The summed E-state index contributed by atoms with van der Waals surface area (Å²) in [4.78, 5) is 33.7. The van der Waals surface area contributed by atoms with E-state index in [9.17, 15) is 19.5 Å². The zero-order chi connectivity index (χ0) is 17.8. The Morgan fingerprint density at radius 2 is 1.83 bits per heavy atom. The average Bonchev–Trinajstić information content (AvgIpc) is 2.35. The van der Waals surface area contributed by atoms with Crippen molar-refractivity contribution in [2.45, 2.75) is 38.7 Å². The monoisotopic (exact) mass is 325 g/mol. The minimum atomic E-state index is -1.44. The summed E-state index contributed by atoms with van der Waals surface area (Å²) in [5.41, 5.74) is -0.631. The molecule has 4 N–H and O–H groups in total. The summed E-state index contributed by atoms with van der Waals surface area (Å²) in [7, 11) is 0. The van der Waals surface area contributed by atoms with Gasteiger partial charge in [-0.05, 0) is 39.0 Å². The minimum Gasteiger partial charge on any atom is -0.508 e. The highest BCUT2D eigenvalue weighted by Crippen LogP contribution is 2.31. The van der Waals surface area contributed by atoms with Crippen LogP contribution in [0.3, 0.4) is 0 Å². The maximum Gasteiger partial charge on any atom is 0.412 e. The first-order chi connectivity index (χ1) is 10.5. The van der Waals surface area contributed by atoms with Crippen molar-refractivity contribution in [3.8, 4) is 5.75 Å². The molecule has 8 nitrogen and oxygen atoms in total. The van der Waals surface area contributed by atoms with Gasteiger partial charge in [-0.25, -0.2) is 4.79 Å². The summed E-state index contributed by atoms with van der Waals surface area (Å²) in [6.45, 7) is 5.05. The number of carboxylic acids is 2. The van der Waals surface area contributed by atoms with Gasteiger partial charge in [-0.1, -0.05) is 0 Å². The molecule has 0 bridgehead atoms. The van der Waals surface area contributed by atoms with Crippen LogP contribution in [0, 0.1) is 0 Å². The number of amides is 1. The van der Waals surface area contributed by atoms with Crippen LogP contribution < -0.4 is 5.32 Å². The van der Waals surface area contributed by atoms with Gasteiger partial charge < -0.3 is 20.1 Å². The molecule has 1 rings (SSSR count). The molecule has 0 aliphatic carbocycles. The molecule has 0 saturated carbocycles. The van der Waals surface area contributed by atoms with E-state index in [1.165, 1.54) is 18.2 Å². The van der Waals surface area contributed by atoms with E-state index >= 15 is 0 Å². The van der Waals surface area contributed by atoms with Crippen molar-refractivity contribution in [3.63, 3.8) is 0 Å². The van der Waals surface area contributed by atoms with Crippen molar-refractivity contribution in [3.05, 3.63) is 23.8 Å². The molecule has 0 aliphatic rings. The van der Waals surface area contributed by atoms with Gasteiger partial charge in [0.15, 0.2) is 0 Å². The number of phenols is 1. The first kappa shape index (κ1) is 18.3. The number of hydrogen-bond acceptors (Lipinski definition) is 5. The second-order valence-corrected chi connectivity index (χ2v) is 5.89. The SMILES string of the molecule is CC(C)(C)OC(=O)Nc1ccc(O)c(C(CC(=O)O)C(=O)O)c1. The lowest BCUT2D eigenvalue weighted by atomic mass is 9.94. The fourth-order valence-electron chi connectivity index (χ4n) is 1.84. The number of nitrogens with one attached hydrogen (secondary N) is 1. The first-order valence-corrected chi connectivity index (χ1v) is 6.77. The Morgan fingerprint density at radius 1 is 1.22 bits per heavy atom. The molecule has 0 saturated heterocycles. The second-order valence-electron chi connectivity index (χ2n) is 5.89. The number of ether oxygens (including phenoxy) is 1. The number of anilines is 1. The summed E-state index contributed by atoms with van der Waals surface area (Å²) in [5.74, 6) is -4.51. The topological polar surface area (TPSA) is 133 Å². The third-order valence-corrected chi connectivity index (χ3v) is 2.73. The van der Waals surface area contributed by atoms with Gasteiger partial charge in [-0.2, -0.15) is 0 Å². The Morgan fingerprint density at radius 3 is 2.30 bits per heavy atom. The van der Waals surface area contributed by atoms with Crippen molar-refractivity contribution in [1.82, 2.24) is 0 Å². The third kappa shape index (κ3) is 5.85. The van der Waals surface area contributed by atoms with Crippen LogP contribution in [0.4, 0.5) is 10.5 Å². The molecule has 8 heteroatoms. The lowest BCUT2D eigenvalue weighted by Gasteiger charge is -2.20. The van der Waals surface area contributed by atoms with Gasteiger partial charge in [0.2, 0.25) is 0 Å². The summed E-state index contributed by atoms with van der Waals surface area (Å²) in [6, 6.07) is 3.74. The highest BCUT2D eigenvalue weighted by molar-refractivity contribution is 5.87. The number of carbonyl (C=O) groups is 3. The highest BCUT2D eigenvalue weighted by Gasteiger charge is 2.26. The van der Waals surface area contributed by atoms with Crippen LogP contribution >= 0.6 is 0 Å². The van der Waals surface area contributed by atoms with Gasteiger partial charge in [0, 0.05) is 11.3 Å². The van der Waals surface area contributed by atoms with Crippen molar-refractivity contribution in [2.75, 3.05) is 5.32 Å². The van der Waals surface area contributed by atoms with Gasteiger partial charge in [0.25, 0.3) is 0 Å². The van der Waals surface area contributed by atoms with E-state index in [2.05, 4.69) is 5.32 Å². The lowest BCUT2D eigenvalue weighted by molar-refractivity contribution is -0.145. The van der Waals surface area contributed by atoms with Gasteiger partial charge in [-0.3, -0.25) is 14.9 Å². The Bertz CT molecular complexity index is 619. The van der Waals surface area contributed by atoms with Crippen LogP contribution in [0.1, 0.15) is 38.7 Å². The van der Waals surface area contributed by atoms with Crippen LogP contribution in [0.15, 0.2) is 18.2 Å². The minimum absolute atomic E-state index is 0.103. The standard InChI is InChI=1S/C15H19NO7/c1-15(2,3)23-14(22)16-8-4-5-11(17)9(6-8)10(13(20)21)7-12(18)19/h4-6,10,17H,7H2,1-3H3,(H,16,22)(H,18,19)(H,20,21). The molecule has 0 radical (unpaired) electrons. The molecule has 0 aliphatic heterocycles. The van der Waals surface area contributed by atoms with Gasteiger partial charge in [0.05, 0.1) is 12.3 Å². The number of carbonyl (C=O) groups excluding carboxylic acids is 1. The zero-order valence-electron chi connectivity index (χ0n) is 13.0. The average molecular weight is 325 g/mol. The smallest absolute Gasteiger partial charge is 0.412 e. The van der Waals surface area contributed by atoms with Crippen LogP contribution in [-0.2, 0) is 14.3 Å². The summed E-state index contributed by atoms with van der Waals surface area (Å²) >= 11 is 0. The van der Waals surface area contributed by atoms with E-state index in [0.717, 1.165) is 0 Å². The molecule has 23 heavy (non-hydrogen) atoms. The van der Waals surface area contributed by atoms with Crippen LogP contribution in [0.25, 0.3) is 0 Å². The van der Waals surface area contributed by atoms with Crippen molar-refractivity contribution >= 4 is 23.7 Å². The van der Waals surface area contributed by atoms with Crippen molar-refractivity contribution in [2.24, 2.45) is 0 Å². The van der Waals surface area contributed by atoms with E-state index < -0.39 is 36.0 Å². The number of phenolic OH excluding ortho intramolecular Hbond substituents is 1. The van der Waals surface area contributed by atoms with Gasteiger partial charge in [0.1, 0.15) is 11.4 Å². The number of aromatic hydroxyl groups is 1. The number of benzene rings is 1. The van der Waals surface area contributed by atoms with Crippen LogP contribution in [0.5, 0.6) is 5.75 Å². The molecule has 0 heterocycles. The highest BCUT2D eigenvalue weighted by atomic mass is 16.6. The summed E-state index contributed by atoms with van der Waals surface area (Å²) in [6.07, 6.45) is -1.45. The van der Waals surface area contributed by atoms with Crippen LogP contribution in [0.2, 0.25) is 0 Å². The fourth-order valence-corrected chi connectivity index (χ4v) is 1.84. The number of hydrogen-bond donors (Lipinski definition) is 4. The van der Waals surface area contributed by atoms with Gasteiger partial charge in [-0.15, -0.1) is 0 Å². The molecule has 0 aromatic heterocycles. The Balaban J connectivity index is 3.04. The summed E-state index contributed by atoms with van der Waals surface area (Å²) < 4.78 is 5.06. The van der Waals surface area contributed by atoms with E-state index in [1.807, 2.05) is 0 Å². The van der Waals surface area contributed by atoms with Crippen LogP contribution in [-0.4, -0.2) is 39.0 Å². The largest absolute Gasteiger partial charge is 0.508 e. The lowest BCUT2D eigenvalue weighted by Crippen LogP contribution is -2.27. The maximum absolute atomic E-state index is 11.7. The van der Waals surface area contributed by atoms with Crippen molar-refractivity contribution in [1.29, 1.82) is 0 Å². The molecule has 126 valence electrons. The molecule has 0 spiro atoms. The zero-order valence-corrected chi connectivity index (χ0v) is 13.0. The van der Waals surface area contributed by atoms with E-state index in [4.69, 9.17) is 14.9 Å². The molecule has 1 aromatic carbocycles. The third-order valence-electron chi connectivity index (χ3n) is 2.73. The Hall–Kier alpha value is -2.77. The van der Waals surface area contributed by atoms with E-state index in [0.29, 0.717) is 0 Å². The molecule has 1 aromatic rings. The predicted octanol–water partition coefficient (Wildman–Crippen LogP) is 2.38. The molecular formula is C15H19NO7. The second kappa shape index (κ2) is 6.99. The normalized spacial score (nSPS) is 12.3. The number of carboxylic acid groups (broad SMARTS) is 2. The molecule has 1 atom stereocenters. The molecule has 1 unspecified atom stereocenters. The predicted molar refractivity (Wildman–Crippen MR) is 80.6 cm³/mol. The van der Waals surface area contributed by atoms with Crippen molar-refractivity contribution < 1.29 is 34.4 Å². The Labute approximate surface area is 132 Å². The van der Waals surface area contributed by atoms with E-state index in [1.54, 1.807) is 20.8 Å². The Kier molecular flexibility index (Phi) is 5.56. The fraction of sp³-hybridized carbons (Fsp3) is 0.400. The molecular weight excluding hydrogens is 306 g/mol. The summed E-state index contributed by atoms with van der Waals surface area (Å²) in [5, 5.41) is 30.1.